The number of rotatable bonds is 1. The molecule has 4 heteroatoms. The molecule has 0 amide bonds. The second-order valence-corrected chi connectivity index (χ2v) is 2.82. The molecule has 64 valence electrons. The number of methoxy groups -OCH3 is 1. The van der Waals surface area contributed by atoms with Crippen molar-refractivity contribution in [1.82, 2.24) is 5.32 Å². The second kappa shape index (κ2) is 3.69. The third kappa shape index (κ3) is 2.17. The summed E-state index contributed by atoms with van der Waals surface area (Å²) in [6, 6.07) is 0.0516. The van der Waals surface area contributed by atoms with Crippen LogP contribution in [0.5, 0.6) is 0 Å². The van der Waals surface area contributed by atoms with Gasteiger partial charge in [-0.1, -0.05) is 0 Å². The van der Waals surface area contributed by atoms with Crippen LogP contribution < -0.4 is 11.1 Å². The maximum Gasteiger partial charge on any atom is 0.322 e. The van der Waals surface area contributed by atoms with Gasteiger partial charge >= 0.3 is 5.97 Å². The van der Waals surface area contributed by atoms with E-state index in [1.807, 2.05) is 0 Å². The van der Waals surface area contributed by atoms with Crippen LogP contribution in [0.25, 0.3) is 0 Å². The molecule has 0 spiro atoms. The molecular formula is C7H14N2O2. The summed E-state index contributed by atoms with van der Waals surface area (Å²) < 4.78 is 4.58. The van der Waals surface area contributed by atoms with Gasteiger partial charge in [0.2, 0.25) is 0 Å². The Morgan fingerprint density at radius 2 is 2.36 bits per heavy atom. The van der Waals surface area contributed by atoms with E-state index in [-0.39, 0.29) is 18.1 Å². The lowest BCUT2D eigenvalue weighted by Crippen LogP contribution is -2.49. The molecule has 0 saturated carbocycles. The van der Waals surface area contributed by atoms with E-state index in [9.17, 15) is 4.79 Å². The van der Waals surface area contributed by atoms with E-state index < -0.39 is 0 Å². The Balaban J connectivity index is 2.33. The van der Waals surface area contributed by atoms with Crippen molar-refractivity contribution in [3.05, 3.63) is 0 Å². The van der Waals surface area contributed by atoms with Crippen LogP contribution in [0.4, 0.5) is 0 Å². The summed E-state index contributed by atoms with van der Waals surface area (Å²) in [6.45, 7) is 0.708. The molecule has 1 fully saturated rings. The van der Waals surface area contributed by atoms with Crippen LogP contribution in [0.15, 0.2) is 0 Å². The number of hydrogen-bond acceptors (Lipinski definition) is 4. The minimum Gasteiger partial charge on any atom is -0.468 e. The van der Waals surface area contributed by atoms with Crippen molar-refractivity contribution in [2.75, 3.05) is 13.7 Å². The molecule has 1 saturated heterocycles. The normalized spacial score (nSPS) is 31.5. The fourth-order valence-electron chi connectivity index (χ4n) is 1.22. The number of esters is 1. The maximum absolute atomic E-state index is 10.9. The van der Waals surface area contributed by atoms with Gasteiger partial charge in [-0.25, -0.2) is 0 Å². The molecule has 11 heavy (non-hydrogen) atoms. The standard InChI is InChI=1S/C7H14N2O2/c1-11-7(10)6-3-2-5(8)4-9-6/h5-6,9H,2-4,8H2,1H3. The Labute approximate surface area is 66.1 Å². The van der Waals surface area contributed by atoms with Gasteiger partial charge in [-0.2, -0.15) is 0 Å². The average molecular weight is 158 g/mol. The van der Waals surface area contributed by atoms with Crippen molar-refractivity contribution >= 4 is 5.97 Å². The van der Waals surface area contributed by atoms with Gasteiger partial charge in [0.05, 0.1) is 7.11 Å². The molecule has 0 aromatic heterocycles. The fourth-order valence-corrected chi connectivity index (χ4v) is 1.22. The van der Waals surface area contributed by atoms with Crippen LogP contribution in [-0.2, 0) is 9.53 Å². The molecule has 1 aliphatic rings. The molecule has 0 aromatic carbocycles. The number of ether oxygens (including phenoxy) is 1. The SMILES string of the molecule is COC(=O)C1CCC(N)CN1. The zero-order valence-electron chi connectivity index (χ0n) is 6.67. The Bertz CT molecular complexity index is 141. The van der Waals surface area contributed by atoms with Gasteiger partial charge in [0.1, 0.15) is 6.04 Å². The average Bonchev–Trinajstić information content (AvgIpc) is 2.05. The van der Waals surface area contributed by atoms with Crippen LogP contribution in [0, 0.1) is 0 Å². The topological polar surface area (TPSA) is 64.3 Å². The van der Waals surface area contributed by atoms with Crippen molar-refractivity contribution in [3.8, 4) is 0 Å². The lowest BCUT2D eigenvalue weighted by Gasteiger charge is -2.25. The van der Waals surface area contributed by atoms with E-state index in [1.165, 1.54) is 7.11 Å². The number of piperidine rings is 1. The number of carbonyl (C=O) groups is 1. The smallest absolute Gasteiger partial charge is 0.322 e. The van der Waals surface area contributed by atoms with Crippen LogP contribution in [0.1, 0.15) is 12.8 Å². The first-order chi connectivity index (χ1) is 5.24. The molecule has 4 nitrogen and oxygen atoms in total. The zero-order valence-corrected chi connectivity index (χ0v) is 6.67. The van der Waals surface area contributed by atoms with Crippen LogP contribution in [0.2, 0.25) is 0 Å². The zero-order chi connectivity index (χ0) is 8.27. The summed E-state index contributed by atoms with van der Waals surface area (Å²) in [5, 5.41) is 3.02. The lowest BCUT2D eigenvalue weighted by atomic mass is 10.0. The fraction of sp³-hybridized carbons (Fsp3) is 0.857. The first-order valence-electron chi connectivity index (χ1n) is 3.81. The van der Waals surface area contributed by atoms with Gasteiger partial charge < -0.3 is 15.8 Å². The third-order valence-electron chi connectivity index (χ3n) is 1.94. The summed E-state index contributed by atoms with van der Waals surface area (Å²) in [7, 11) is 1.40. The summed E-state index contributed by atoms with van der Waals surface area (Å²) in [5.41, 5.74) is 5.62. The van der Waals surface area contributed by atoms with Crippen LogP contribution >= 0.6 is 0 Å². The molecule has 2 atom stereocenters. The molecule has 0 bridgehead atoms. The summed E-state index contributed by atoms with van der Waals surface area (Å²) in [4.78, 5) is 10.9. The van der Waals surface area contributed by atoms with E-state index >= 15 is 0 Å². The van der Waals surface area contributed by atoms with E-state index in [2.05, 4.69) is 10.1 Å². The monoisotopic (exact) mass is 158 g/mol. The minimum atomic E-state index is -0.183. The van der Waals surface area contributed by atoms with Crippen LogP contribution in [-0.4, -0.2) is 31.7 Å². The highest BCUT2D eigenvalue weighted by molar-refractivity contribution is 5.75. The molecular weight excluding hydrogens is 144 g/mol. The van der Waals surface area contributed by atoms with E-state index in [1.54, 1.807) is 0 Å². The van der Waals surface area contributed by atoms with Gasteiger partial charge in [0.15, 0.2) is 0 Å². The lowest BCUT2D eigenvalue weighted by molar-refractivity contribution is -0.143. The first kappa shape index (κ1) is 8.49. The Morgan fingerprint density at radius 1 is 1.64 bits per heavy atom. The van der Waals surface area contributed by atoms with E-state index in [4.69, 9.17) is 5.73 Å². The van der Waals surface area contributed by atoms with Crippen molar-refractivity contribution in [2.45, 2.75) is 24.9 Å². The van der Waals surface area contributed by atoms with Gasteiger partial charge in [0.25, 0.3) is 0 Å². The predicted octanol–water partition coefficient (Wildman–Crippen LogP) is -0.761. The predicted molar refractivity (Wildman–Crippen MR) is 41.0 cm³/mol. The van der Waals surface area contributed by atoms with Crippen LogP contribution in [0.3, 0.4) is 0 Å². The number of hydrogen-bond donors (Lipinski definition) is 2. The molecule has 0 aliphatic carbocycles. The molecule has 3 N–H and O–H groups in total. The molecule has 1 heterocycles. The number of nitrogens with one attached hydrogen (secondary N) is 1. The minimum absolute atomic E-state index is 0.139. The Kier molecular flexibility index (Phi) is 2.84. The van der Waals surface area contributed by atoms with Gasteiger partial charge in [-0.3, -0.25) is 4.79 Å². The Hall–Kier alpha value is -0.610. The first-order valence-corrected chi connectivity index (χ1v) is 3.81. The number of nitrogens with two attached hydrogens (primary N) is 1. The highest BCUT2D eigenvalue weighted by atomic mass is 16.5. The third-order valence-corrected chi connectivity index (χ3v) is 1.94. The Morgan fingerprint density at radius 3 is 2.82 bits per heavy atom. The number of carbonyl (C=O) groups excluding carboxylic acids is 1. The van der Waals surface area contributed by atoms with Crippen molar-refractivity contribution < 1.29 is 9.53 Å². The highest BCUT2D eigenvalue weighted by Crippen LogP contribution is 2.06. The maximum atomic E-state index is 10.9. The van der Waals surface area contributed by atoms with E-state index in [0.29, 0.717) is 6.54 Å². The van der Waals surface area contributed by atoms with E-state index in [0.717, 1.165) is 12.8 Å². The van der Waals surface area contributed by atoms with Crippen molar-refractivity contribution in [2.24, 2.45) is 5.73 Å². The van der Waals surface area contributed by atoms with Crippen molar-refractivity contribution in [1.29, 1.82) is 0 Å². The van der Waals surface area contributed by atoms with Gasteiger partial charge in [-0.15, -0.1) is 0 Å². The molecule has 2 unspecified atom stereocenters. The van der Waals surface area contributed by atoms with Gasteiger partial charge in [0, 0.05) is 12.6 Å². The van der Waals surface area contributed by atoms with Crippen molar-refractivity contribution in [3.63, 3.8) is 0 Å². The molecule has 1 rings (SSSR count). The summed E-state index contributed by atoms with van der Waals surface area (Å²) in [6.07, 6.45) is 1.68. The second-order valence-electron chi connectivity index (χ2n) is 2.82. The highest BCUT2D eigenvalue weighted by Gasteiger charge is 2.23. The quantitative estimate of drug-likeness (QED) is 0.492. The van der Waals surface area contributed by atoms with Gasteiger partial charge in [-0.05, 0) is 12.8 Å². The molecule has 0 aromatic rings. The largest absolute Gasteiger partial charge is 0.468 e. The summed E-state index contributed by atoms with van der Waals surface area (Å²) >= 11 is 0. The molecule has 0 radical (unpaired) electrons. The molecule has 1 aliphatic heterocycles. The summed E-state index contributed by atoms with van der Waals surface area (Å²) in [5.74, 6) is -0.183.